The number of carbonyl (C=O) groups is 2. The maximum atomic E-state index is 12.0. The molecule has 2 heterocycles. The second-order valence-corrected chi connectivity index (χ2v) is 5.16. The van der Waals surface area contributed by atoms with Crippen LogP contribution in [0, 0.1) is 0 Å². The summed E-state index contributed by atoms with van der Waals surface area (Å²) >= 11 is 1.05. The Labute approximate surface area is 125 Å². The van der Waals surface area contributed by atoms with Gasteiger partial charge in [0.1, 0.15) is 11.6 Å². The Bertz CT molecular complexity index is 670. The fraction of sp³-hybridized carbons (Fsp3) is 0.385. The third-order valence-corrected chi connectivity index (χ3v) is 3.69. The molecule has 1 unspecified atom stereocenters. The van der Waals surface area contributed by atoms with Gasteiger partial charge in [-0.3, -0.25) is 9.36 Å². The van der Waals surface area contributed by atoms with Gasteiger partial charge in [-0.2, -0.15) is 0 Å². The van der Waals surface area contributed by atoms with Crippen molar-refractivity contribution in [3.8, 4) is 0 Å². The summed E-state index contributed by atoms with van der Waals surface area (Å²) in [4.78, 5) is 31.3. The molecule has 0 bridgehead atoms. The van der Waals surface area contributed by atoms with Crippen LogP contribution in [0.2, 0.25) is 0 Å². The summed E-state index contributed by atoms with van der Waals surface area (Å²) in [5.74, 6) is -1.49. The Morgan fingerprint density at radius 1 is 1.52 bits per heavy atom. The number of fused-ring (bicyclic) bond motifs is 1. The number of ether oxygens (including phenoxy) is 1. The highest BCUT2D eigenvalue weighted by Crippen LogP contribution is 2.27. The van der Waals surface area contributed by atoms with Crippen molar-refractivity contribution in [2.75, 3.05) is 12.4 Å². The Morgan fingerprint density at radius 3 is 2.95 bits per heavy atom. The van der Waals surface area contributed by atoms with Crippen molar-refractivity contribution in [1.82, 2.24) is 14.5 Å². The van der Waals surface area contributed by atoms with Crippen LogP contribution in [0.15, 0.2) is 23.5 Å². The van der Waals surface area contributed by atoms with E-state index < -0.39 is 18.0 Å². The van der Waals surface area contributed by atoms with Gasteiger partial charge >= 0.3 is 11.9 Å². The zero-order valence-corrected chi connectivity index (χ0v) is 12.5. The van der Waals surface area contributed by atoms with Crippen molar-refractivity contribution in [1.29, 1.82) is 0 Å². The van der Waals surface area contributed by atoms with Gasteiger partial charge in [-0.1, -0.05) is 11.8 Å². The number of hydrogen-bond donors (Lipinski definition) is 1. The first kappa shape index (κ1) is 15.3. The molecule has 2 aromatic heterocycles. The molecule has 0 amide bonds. The van der Waals surface area contributed by atoms with Gasteiger partial charge in [0.15, 0.2) is 10.8 Å². The lowest BCUT2D eigenvalue weighted by Crippen LogP contribution is -2.20. The Balaban J connectivity index is 2.44. The molecule has 1 N–H and O–H groups in total. The van der Waals surface area contributed by atoms with Gasteiger partial charge in [-0.25, -0.2) is 14.8 Å². The molecular formula is C13H15N3O4S. The van der Waals surface area contributed by atoms with E-state index in [1.807, 2.05) is 0 Å². The van der Waals surface area contributed by atoms with Gasteiger partial charge in [-0.05, 0) is 26.0 Å². The number of esters is 1. The van der Waals surface area contributed by atoms with Crippen LogP contribution in [-0.4, -0.2) is 43.9 Å². The highest BCUT2D eigenvalue weighted by molar-refractivity contribution is 7.99. The maximum absolute atomic E-state index is 12.0. The second kappa shape index (κ2) is 6.57. The molecule has 0 radical (unpaired) electrons. The number of carbonyl (C=O) groups excluding carboxylic acids is 1. The highest BCUT2D eigenvalue weighted by atomic mass is 32.2. The third kappa shape index (κ3) is 3.33. The predicted octanol–water partition coefficient (Wildman–Crippen LogP) is 1.73. The molecule has 7 nitrogen and oxygen atoms in total. The number of pyridine rings is 1. The predicted molar refractivity (Wildman–Crippen MR) is 77.2 cm³/mol. The van der Waals surface area contributed by atoms with E-state index in [0.29, 0.717) is 16.3 Å². The van der Waals surface area contributed by atoms with Crippen molar-refractivity contribution >= 4 is 34.9 Å². The SMILES string of the molecule is CCOC(=O)C(C)n1c(SCC(=O)O)nc2cccnc21. The van der Waals surface area contributed by atoms with Crippen molar-refractivity contribution < 1.29 is 19.4 Å². The van der Waals surface area contributed by atoms with E-state index in [0.717, 1.165) is 11.8 Å². The number of imidazole rings is 1. The van der Waals surface area contributed by atoms with E-state index in [4.69, 9.17) is 9.84 Å². The summed E-state index contributed by atoms with van der Waals surface area (Å²) in [6, 6.07) is 2.88. The van der Waals surface area contributed by atoms with Crippen LogP contribution >= 0.6 is 11.8 Å². The Kier molecular flexibility index (Phi) is 4.79. The number of thioether (sulfide) groups is 1. The average molecular weight is 309 g/mol. The van der Waals surface area contributed by atoms with Crippen LogP contribution in [0.4, 0.5) is 0 Å². The number of rotatable bonds is 6. The molecule has 21 heavy (non-hydrogen) atoms. The van der Waals surface area contributed by atoms with Crippen molar-refractivity contribution in [2.45, 2.75) is 25.0 Å². The molecule has 0 aliphatic heterocycles. The van der Waals surface area contributed by atoms with E-state index in [-0.39, 0.29) is 12.4 Å². The van der Waals surface area contributed by atoms with Gasteiger partial charge < -0.3 is 9.84 Å². The minimum atomic E-state index is -0.949. The Hall–Kier alpha value is -2.09. The molecule has 2 aromatic rings. The number of hydrogen-bond acceptors (Lipinski definition) is 6. The molecule has 0 spiro atoms. The summed E-state index contributed by atoms with van der Waals surface area (Å²) in [6.07, 6.45) is 1.60. The van der Waals surface area contributed by atoms with Crippen LogP contribution in [0.3, 0.4) is 0 Å². The first-order valence-electron chi connectivity index (χ1n) is 6.38. The summed E-state index contributed by atoms with van der Waals surface area (Å²) in [7, 11) is 0. The van der Waals surface area contributed by atoms with Crippen LogP contribution in [0.5, 0.6) is 0 Å². The zero-order chi connectivity index (χ0) is 15.4. The van der Waals surface area contributed by atoms with Crippen molar-refractivity contribution in [2.24, 2.45) is 0 Å². The monoisotopic (exact) mass is 309 g/mol. The third-order valence-electron chi connectivity index (χ3n) is 2.76. The van der Waals surface area contributed by atoms with Gasteiger partial charge in [0, 0.05) is 6.20 Å². The molecule has 2 rings (SSSR count). The number of aliphatic carboxylic acids is 1. The number of aromatic nitrogens is 3. The molecule has 0 saturated carbocycles. The van der Waals surface area contributed by atoms with E-state index >= 15 is 0 Å². The van der Waals surface area contributed by atoms with Gasteiger partial charge in [0.2, 0.25) is 0 Å². The largest absolute Gasteiger partial charge is 0.481 e. The molecule has 0 aliphatic carbocycles. The topological polar surface area (TPSA) is 94.3 Å². The molecule has 0 aromatic carbocycles. The fourth-order valence-corrected chi connectivity index (χ4v) is 2.65. The van der Waals surface area contributed by atoms with E-state index in [2.05, 4.69) is 9.97 Å². The van der Waals surface area contributed by atoms with Gasteiger partial charge in [0.25, 0.3) is 0 Å². The number of carboxylic acid groups (broad SMARTS) is 1. The van der Waals surface area contributed by atoms with Crippen LogP contribution in [0.25, 0.3) is 11.2 Å². The molecule has 112 valence electrons. The molecule has 0 saturated heterocycles. The van der Waals surface area contributed by atoms with Gasteiger partial charge in [-0.15, -0.1) is 0 Å². The number of carboxylic acids is 1. The molecule has 8 heteroatoms. The second-order valence-electron chi connectivity index (χ2n) is 4.22. The summed E-state index contributed by atoms with van der Waals surface area (Å²) < 4.78 is 6.63. The lowest BCUT2D eigenvalue weighted by atomic mass is 10.3. The fourth-order valence-electron chi connectivity index (χ4n) is 1.85. The lowest BCUT2D eigenvalue weighted by Gasteiger charge is -2.14. The van der Waals surface area contributed by atoms with Crippen LogP contribution in [0.1, 0.15) is 19.9 Å². The summed E-state index contributed by atoms with van der Waals surface area (Å²) in [6.45, 7) is 3.69. The summed E-state index contributed by atoms with van der Waals surface area (Å²) in [5.41, 5.74) is 1.15. The normalized spacial score (nSPS) is 12.3. The minimum Gasteiger partial charge on any atom is -0.481 e. The first-order chi connectivity index (χ1) is 10.0. The Morgan fingerprint density at radius 2 is 2.29 bits per heavy atom. The van der Waals surface area contributed by atoms with E-state index in [9.17, 15) is 9.59 Å². The lowest BCUT2D eigenvalue weighted by molar-refractivity contribution is -0.146. The van der Waals surface area contributed by atoms with E-state index in [1.165, 1.54) is 0 Å². The standard InChI is InChI=1S/C13H15N3O4S/c1-3-20-12(19)8(2)16-11-9(5-4-6-14-11)15-13(16)21-7-10(17)18/h4-6,8H,3,7H2,1-2H3,(H,17,18). The van der Waals surface area contributed by atoms with E-state index in [1.54, 1.807) is 36.7 Å². The smallest absolute Gasteiger partial charge is 0.328 e. The maximum Gasteiger partial charge on any atom is 0.328 e. The number of nitrogens with zero attached hydrogens (tertiary/aromatic N) is 3. The minimum absolute atomic E-state index is 0.140. The molecule has 0 fully saturated rings. The van der Waals surface area contributed by atoms with Crippen LogP contribution in [-0.2, 0) is 14.3 Å². The first-order valence-corrected chi connectivity index (χ1v) is 7.37. The molecule has 0 aliphatic rings. The van der Waals surface area contributed by atoms with Crippen molar-refractivity contribution in [3.05, 3.63) is 18.3 Å². The average Bonchev–Trinajstić information content (AvgIpc) is 2.82. The summed E-state index contributed by atoms with van der Waals surface area (Å²) in [5, 5.41) is 9.24. The highest BCUT2D eigenvalue weighted by Gasteiger charge is 2.23. The molecule has 1 atom stereocenters. The van der Waals surface area contributed by atoms with Crippen LogP contribution < -0.4 is 0 Å². The molecular weight excluding hydrogens is 294 g/mol. The zero-order valence-electron chi connectivity index (χ0n) is 11.6. The van der Waals surface area contributed by atoms with Gasteiger partial charge in [0.05, 0.1) is 12.4 Å². The van der Waals surface area contributed by atoms with Crippen molar-refractivity contribution in [3.63, 3.8) is 0 Å². The quantitative estimate of drug-likeness (QED) is 0.641.